The van der Waals surface area contributed by atoms with E-state index >= 15 is 0 Å². The van der Waals surface area contributed by atoms with Gasteiger partial charge in [0.15, 0.2) is 5.65 Å². The number of likely N-dealkylation sites (N-methyl/N-ethyl adjacent to an activating group) is 1. The topological polar surface area (TPSA) is 70.8 Å². The highest BCUT2D eigenvalue weighted by Gasteiger charge is 2.29. The van der Waals surface area contributed by atoms with Crippen LogP contribution < -0.4 is 0 Å². The molecular formula is C20H25N5O2S. The van der Waals surface area contributed by atoms with Crippen LogP contribution in [0.1, 0.15) is 11.3 Å². The van der Waals surface area contributed by atoms with Crippen LogP contribution in [0.5, 0.6) is 0 Å². The molecule has 0 amide bonds. The molecule has 1 aromatic carbocycles. The largest absolute Gasteiger partial charge is 0.305 e. The summed E-state index contributed by atoms with van der Waals surface area (Å²) in [7, 11) is -1.31. The molecule has 3 aromatic rings. The van der Waals surface area contributed by atoms with Crippen molar-refractivity contribution >= 4 is 15.7 Å². The molecule has 1 unspecified atom stereocenters. The fourth-order valence-corrected chi connectivity index (χ4v) is 5.37. The Labute approximate surface area is 165 Å². The quantitative estimate of drug-likeness (QED) is 0.653. The Kier molecular flexibility index (Phi) is 5.43. The lowest BCUT2D eigenvalue weighted by molar-refractivity contribution is 0.307. The molecule has 0 saturated carbocycles. The predicted molar refractivity (Wildman–Crippen MR) is 108 cm³/mol. The van der Waals surface area contributed by atoms with Crippen LogP contribution in [0.4, 0.5) is 0 Å². The van der Waals surface area contributed by atoms with Gasteiger partial charge in [-0.05, 0) is 24.9 Å². The number of hydrogen-bond acceptors (Lipinski definition) is 5. The van der Waals surface area contributed by atoms with Crippen molar-refractivity contribution in [1.82, 2.24) is 23.6 Å². The highest BCUT2D eigenvalue weighted by Crippen LogP contribution is 2.19. The number of nitrogens with zero attached hydrogens (tertiary/aromatic N) is 5. The van der Waals surface area contributed by atoms with E-state index < -0.39 is 10.0 Å². The number of benzene rings is 1. The third kappa shape index (κ3) is 4.40. The summed E-state index contributed by atoms with van der Waals surface area (Å²) in [5, 5.41) is 0. The van der Waals surface area contributed by atoms with E-state index in [0.717, 1.165) is 36.4 Å². The zero-order valence-corrected chi connectivity index (χ0v) is 16.8. The summed E-state index contributed by atoms with van der Waals surface area (Å²) in [4.78, 5) is 10.9. The van der Waals surface area contributed by atoms with Gasteiger partial charge in [0.05, 0.1) is 17.6 Å². The fraction of sp³-hybridized carbons (Fsp3) is 0.400. The zero-order chi connectivity index (χ0) is 19.6. The summed E-state index contributed by atoms with van der Waals surface area (Å²) in [6.45, 7) is 2.62. The average molecular weight is 400 g/mol. The van der Waals surface area contributed by atoms with E-state index in [4.69, 9.17) is 0 Å². The van der Waals surface area contributed by atoms with Gasteiger partial charge in [-0.3, -0.25) is 4.98 Å². The van der Waals surface area contributed by atoms with Crippen molar-refractivity contribution in [2.75, 3.05) is 33.2 Å². The Morgan fingerprint density at radius 1 is 1.11 bits per heavy atom. The van der Waals surface area contributed by atoms with Crippen LogP contribution in [-0.2, 0) is 22.2 Å². The van der Waals surface area contributed by atoms with Gasteiger partial charge >= 0.3 is 0 Å². The molecule has 0 N–H and O–H groups in total. The SMILES string of the molecule is CN1CCN(S(=O)(=O)Cc2ccccc2)CC(Cc2cn3ccnc3cn2)C1. The number of aromatic nitrogens is 3. The van der Waals surface area contributed by atoms with Crippen LogP contribution in [0.15, 0.2) is 55.1 Å². The second-order valence-electron chi connectivity index (χ2n) is 7.50. The lowest BCUT2D eigenvalue weighted by Crippen LogP contribution is -2.37. The van der Waals surface area contributed by atoms with Gasteiger partial charge in [0.25, 0.3) is 0 Å². The maximum absolute atomic E-state index is 13.0. The van der Waals surface area contributed by atoms with Gasteiger partial charge in [-0.2, -0.15) is 0 Å². The predicted octanol–water partition coefficient (Wildman–Crippen LogP) is 1.67. The van der Waals surface area contributed by atoms with E-state index in [9.17, 15) is 8.42 Å². The molecule has 2 aromatic heterocycles. The summed E-state index contributed by atoms with van der Waals surface area (Å²) in [5.74, 6) is 0.232. The number of fused-ring (bicyclic) bond motifs is 1. The van der Waals surface area contributed by atoms with Crippen molar-refractivity contribution in [1.29, 1.82) is 0 Å². The van der Waals surface area contributed by atoms with Crippen molar-refractivity contribution in [3.8, 4) is 0 Å². The zero-order valence-electron chi connectivity index (χ0n) is 16.0. The third-order valence-corrected chi connectivity index (χ3v) is 7.00. The number of rotatable bonds is 5. The first kappa shape index (κ1) is 19.0. The lowest BCUT2D eigenvalue weighted by Gasteiger charge is -2.23. The van der Waals surface area contributed by atoms with Gasteiger partial charge in [0.1, 0.15) is 0 Å². The molecule has 8 heteroatoms. The number of hydrogen-bond donors (Lipinski definition) is 0. The minimum atomic E-state index is -3.36. The average Bonchev–Trinajstić information content (AvgIpc) is 3.04. The van der Waals surface area contributed by atoms with Gasteiger partial charge in [0.2, 0.25) is 10.0 Å². The monoisotopic (exact) mass is 399 g/mol. The first-order chi connectivity index (χ1) is 13.5. The molecule has 3 heterocycles. The molecule has 1 saturated heterocycles. The van der Waals surface area contributed by atoms with Crippen LogP contribution in [-0.4, -0.2) is 65.2 Å². The molecule has 148 valence electrons. The Morgan fingerprint density at radius 3 is 2.75 bits per heavy atom. The molecule has 0 radical (unpaired) electrons. The molecule has 0 aliphatic carbocycles. The molecule has 1 fully saturated rings. The van der Waals surface area contributed by atoms with E-state index in [0.29, 0.717) is 13.1 Å². The smallest absolute Gasteiger partial charge is 0.218 e. The van der Waals surface area contributed by atoms with Gasteiger partial charge in [-0.15, -0.1) is 0 Å². The molecular weight excluding hydrogens is 374 g/mol. The normalized spacial score (nSPS) is 19.7. The Balaban J connectivity index is 1.51. The van der Waals surface area contributed by atoms with Crippen LogP contribution in [0, 0.1) is 5.92 Å². The van der Waals surface area contributed by atoms with Crippen LogP contribution in [0.2, 0.25) is 0 Å². The van der Waals surface area contributed by atoms with Crippen molar-refractivity contribution in [2.24, 2.45) is 5.92 Å². The van der Waals surface area contributed by atoms with E-state index in [1.165, 1.54) is 0 Å². The highest BCUT2D eigenvalue weighted by molar-refractivity contribution is 7.88. The Morgan fingerprint density at radius 2 is 1.93 bits per heavy atom. The van der Waals surface area contributed by atoms with E-state index in [-0.39, 0.29) is 11.7 Å². The maximum atomic E-state index is 13.0. The summed E-state index contributed by atoms with van der Waals surface area (Å²) >= 11 is 0. The Hall–Kier alpha value is -2.29. The second-order valence-corrected chi connectivity index (χ2v) is 9.47. The fourth-order valence-electron chi connectivity index (χ4n) is 3.78. The van der Waals surface area contributed by atoms with Crippen LogP contribution in [0.3, 0.4) is 0 Å². The highest BCUT2D eigenvalue weighted by atomic mass is 32.2. The van der Waals surface area contributed by atoms with Crippen molar-refractivity contribution in [3.63, 3.8) is 0 Å². The van der Waals surface area contributed by atoms with Gasteiger partial charge in [-0.1, -0.05) is 30.3 Å². The van der Waals surface area contributed by atoms with Crippen molar-refractivity contribution < 1.29 is 8.42 Å². The van der Waals surface area contributed by atoms with Gasteiger partial charge in [-0.25, -0.2) is 17.7 Å². The minimum Gasteiger partial charge on any atom is -0.305 e. The van der Waals surface area contributed by atoms with Crippen molar-refractivity contribution in [3.05, 3.63) is 66.4 Å². The summed E-state index contributed by atoms with van der Waals surface area (Å²) < 4.78 is 29.7. The standard InChI is InChI=1S/C20H25N5O2S/c1-23-9-10-25(28(26,27)16-17-5-3-2-4-6-17)14-18(13-23)11-19-15-24-8-7-21-20(24)12-22-19/h2-8,12,15,18H,9-11,13-14,16H2,1H3. The molecule has 1 atom stereocenters. The van der Waals surface area contributed by atoms with Gasteiger partial charge < -0.3 is 9.30 Å². The second kappa shape index (κ2) is 7.98. The minimum absolute atomic E-state index is 0.0452. The molecule has 28 heavy (non-hydrogen) atoms. The molecule has 7 nitrogen and oxygen atoms in total. The molecule has 4 rings (SSSR count). The summed E-state index contributed by atoms with van der Waals surface area (Å²) in [6, 6.07) is 9.38. The van der Waals surface area contributed by atoms with E-state index in [1.54, 1.807) is 16.7 Å². The maximum Gasteiger partial charge on any atom is 0.218 e. The van der Waals surface area contributed by atoms with E-state index in [1.807, 2.05) is 54.2 Å². The first-order valence-electron chi connectivity index (χ1n) is 9.47. The van der Waals surface area contributed by atoms with Crippen LogP contribution >= 0.6 is 0 Å². The van der Waals surface area contributed by atoms with Crippen molar-refractivity contribution in [2.45, 2.75) is 12.2 Å². The lowest BCUT2D eigenvalue weighted by atomic mass is 10.0. The Bertz CT molecular complexity index is 1030. The van der Waals surface area contributed by atoms with E-state index in [2.05, 4.69) is 14.9 Å². The van der Waals surface area contributed by atoms with Gasteiger partial charge in [0, 0.05) is 44.8 Å². The summed E-state index contributed by atoms with van der Waals surface area (Å²) in [5.41, 5.74) is 2.59. The van der Waals surface area contributed by atoms with Crippen LogP contribution in [0.25, 0.3) is 5.65 Å². The molecule has 1 aliphatic rings. The molecule has 0 spiro atoms. The first-order valence-corrected chi connectivity index (χ1v) is 11.1. The number of sulfonamides is 1. The number of imidazole rings is 1. The summed E-state index contributed by atoms with van der Waals surface area (Å²) in [6.07, 6.45) is 8.12. The molecule has 0 bridgehead atoms. The molecule has 1 aliphatic heterocycles. The third-order valence-electron chi connectivity index (χ3n) is 5.18.